The van der Waals surface area contributed by atoms with Gasteiger partial charge in [0.05, 0.1) is 27.4 Å². The predicted octanol–water partition coefficient (Wildman–Crippen LogP) is 8.36. The van der Waals surface area contributed by atoms with E-state index in [1.165, 1.54) is 0 Å². The summed E-state index contributed by atoms with van der Waals surface area (Å²) in [5, 5.41) is 2.41. The number of ether oxygens (including phenoxy) is 4. The van der Waals surface area contributed by atoms with Crippen LogP contribution in [0.5, 0.6) is 23.0 Å². The Bertz CT molecular complexity index is 1970. The number of halogens is 3. The van der Waals surface area contributed by atoms with Crippen LogP contribution in [0.25, 0.3) is 22.3 Å². The maximum Gasteiger partial charge on any atom is 0.237 e. The lowest BCUT2D eigenvalue weighted by Gasteiger charge is -2.45. The number of benzene rings is 3. The Morgan fingerprint density at radius 3 is 1.55 bits per heavy atom. The third kappa shape index (κ3) is 10.8. The summed E-state index contributed by atoms with van der Waals surface area (Å²) in [7, 11) is 3.33. The molecule has 3 aromatic carbocycles. The van der Waals surface area contributed by atoms with Gasteiger partial charge in [-0.25, -0.2) is 24.9 Å². The molecule has 1 N–H and O–H groups in total. The van der Waals surface area contributed by atoms with Gasteiger partial charge in [-0.1, -0.05) is 24.3 Å². The van der Waals surface area contributed by atoms with Crippen molar-refractivity contribution in [2.24, 2.45) is 0 Å². The van der Waals surface area contributed by atoms with Gasteiger partial charge >= 0.3 is 0 Å². The molecule has 2 aliphatic rings. The number of hydrogen-bond donors (Lipinski definition) is 1. The fourth-order valence-corrected chi connectivity index (χ4v) is 7.53. The van der Waals surface area contributed by atoms with Gasteiger partial charge < -0.3 is 23.8 Å². The summed E-state index contributed by atoms with van der Waals surface area (Å²) in [5.41, 5.74) is 8.61. The molecule has 58 heavy (non-hydrogen) atoms. The first kappa shape index (κ1) is 44.2. The first-order valence-electron chi connectivity index (χ1n) is 19.5. The van der Waals surface area contributed by atoms with E-state index < -0.39 is 5.82 Å². The molecule has 7 rings (SSSR count). The first-order chi connectivity index (χ1) is 27.4. The molecule has 12 nitrogen and oxygen atoms in total. The number of piperidine rings is 2. The lowest BCUT2D eigenvalue weighted by Crippen LogP contribution is -2.54. The molecule has 0 saturated carbocycles. The zero-order chi connectivity index (χ0) is 38.9. The predicted molar refractivity (Wildman–Crippen MR) is 230 cm³/mol. The highest BCUT2D eigenvalue weighted by Crippen LogP contribution is 2.32. The van der Waals surface area contributed by atoms with Crippen LogP contribution in [0.15, 0.2) is 85.5 Å². The molecule has 0 unspecified atom stereocenters. The fraction of sp³-hybridized carbons (Fsp3) is 0.395. The topological polar surface area (TPSA) is 110 Å². The van der Waals surface area contributed by atoms with E-state index in [2.05, 4.69) is 20.2 Å². The van der Waals surface area contributed by atoms with Crippen LogP contribution in [0, 0.1) is 5.82 Å². The summed E-state index contributed by atoms with van der Waals surface area (Å²) in [6, 6.07) is 19.9. The average molecular weight is 836 g/mol. The van der Waals surface area contributed by atoms with Gasteiger partial charge in [0.25, 0.3) is 0 Å². The maximum absolute atomic E-state index is 15.0. The molecule has 0 spiro atoms. The van der Waals surface area contributed by atoms with Gasteiger partial charge in [0.2, 0.25) is 17.7 Å². The van der Waals surface area contributed by atoms with Crippen molar-refractivity contribution in [1.82, 2.24) is 29.8 Å². The standard InChI is InChI=1S/C43H51FN8O4.2ClH/c1-5-55-39-23-30(24-40(41(39)44)56-6-2)29-50-19-15-35(16-20-50)52(49-42-45-25-33(26-46-42)31-7-11-37(53-3)12-8-31)36-17-21-51(22-18-36)43-47-27-34(28-48-43)32-9-13-38(54-4)14-10-32;;/h7-14,23-28,35-36H,5-6,15-22,29H2,1-4H3,(H,45,46,49);2*1H. The fourth-order valence-electron chi connectivity index (χ4n) is 7.53. The Hall–Kier alpha value is -4.95. The molecule has 0 atom stereocenters. The lowest BCUT2D eigenvalue weighted by atomic mass is 9.98. The van der Waals surface area contributed by atoms with E-state index in [1.54, 1.807) is 26.4 Å². The van der Waals surface area contributed by atoms with E-state index >= 15 is 0 Å². The maximum atomic E-state index is 15.0. The second kappa shape index (κ2) is 21.2. The van der Waals surface area contributed by atoms with Gasteiger partial charge in [0.1, 0.15) is 11.5 Å². The molecule has 2 fully saturated rings. The van der Waals surface area contributed by atoms with Gasteiger partial charge in [-0.2, -0.15) is 4.39 Å². The van der Waals surface area contributed by atoms with Crippen molar-refractivity contribution in [2.75, 3.05) is 63.9 Å². The minimum atomic E-state index is -0.444. The number of methoxy groups -OCH3 is 2. The SMILES string of the molecule is CCOc1cc(CN2CCC(N(Nc3ncc(-c4ccc(OC)cc4)cn3)C3CCN(c4ncc(-c5ccc(OC)cc5)cn4)CC3)CC2)cc(OCC)c1F.Cl.Cl. The third-order valence-electron chi connectivity index (χ3n) is 10.5. The Kier molecular flexibility index (Phi) is 16.1. The monoisotopic (exact) mass is 834 g/mol. The van der Waals surface area contributed by atoms with Crippen molar-refractivity contribution < 1.29 is 23.3 Å². The van der Waals surface area contributed by atoms with Crippen molar-refractivity contribution in [2.45, 2.75) is 58.2 Å². The highest BCUT2D eigenvalue weighted by Gasteiger charge is 2.33. The second-order valence-corrected chi connectivity index (χ2v) is 14.0. The number of anilines is 2. The smallest absolute Gasteiger partial charge is 0.237 e. The molecule has 2 aromatic heterocycles. The summed E-state index contributed by atoms with van der Waals surface area (Å²) < 4.78 is 36.8. The molecule has 0 aliphatic carbocycles. The normalized spacial score (nSPS) is 15.0. The molecule has 310 valence electrons. The van der Waals surface area contributed by atoms with E-state index in [4.69, 9.17) is 38.9 Å². The summed E-state index contributed by atoms with van der Waals surface area (Å²) in [4.78, 5) is 23.7. The Morgan fingerprint density at radius 2 is 1.10 bits per heavy atom. The van der Waals surface area contributed by atoms with Crippen LogP contribution in [0.3, 0.4) is 0 Å². The molecule has 0 radical (unpaired) electrons. The van der Waals surface area contributed by atoms with Crippen molar-refractivity contribution in [3.63, 3.8) is 0 Å². The Labute approximate surface area is 352 Å². The molecule has 2 aliphatic heterocycles. The number of nitrogens with one attached hydrogen (secondary N) is 1. The quantitative estimate of drug-likeness (QED) is 0.102. The zero-order valence-electron chi connectivity index (χ0n) is 33.5. The molecular weight excluding hydrogens is 782 g/mol. The minimum Gasteiger partial charge on any atom is -0.497 e. The first-order valence-corrected chi connectivity index (χ1v) is 19.5. The number of hydrogen-bond acceptors (Lipinski definition) is 12. The number of likely N-dealkylation sites (tertiary alicyclic amines) is 1. The van der Waals surface area contributed by atoms with Crippen molar-refractivity contribution in [3.05, 3.63) is 96.8 Å². The molecule has 0 bridgehead atoms. The van der Waals surface area contributed by atoms with E-state index in [0.717, 1.165) is 97.1 Å². The molecule has 0 amide bonds. The second-order valence-electron chi connectivity index (χ2n) is 14.0. The van der Waals surface area contributed by atoms with Crippen LogP contribution in [0.4, 0.5) is 16.3 Å². The summed E-state index contributed by atoms with van der Waals surface area (Å²) in [5.74, 6) is 2.97. The molecule has 5 aromatic rings. The Morgan fingerprint density at radius 1 is 0.655 bits per heavy atom. The van der Waals surface area contributed by atoms with Crippen LogP contribution >= 0.6 is 24.8 Å². The van der Waals surface area contributed by atoms with E-state index in [9.17, 15) is 4.39 Å². The van der Waals surface area contributed by atoms with Gasteiger partial charge in [0.15, 0.2) is 11.5 Å². The van der Waals surface area contributed by atoms with E-state index in [1.807, 2.05) is 87.2 Å². The van der Waals surface area contributed by atoms with Crippen LogP contribution < -0.4 is 29.3 Å². The minimum absolute atomic E-state index is 0. The summed E-state index contributed by atoms with van der Waals surface area (Å²) >= 11 is 0. The number of hydrazine groups is 1. The largest absolute Gasteiger partial charge is 0.497 e. The van der Waals surface area contributed by atoms with Crippen LogP contribution in [-0.4, -0.2) is 95.5 Å². The molecule has 15 heteroatoms. The third-order valence-corrected chi connectivity index (χ3v) is 10.5. The van der Waals surface area contributed by atoms with Crippen LogP contribution in [0.2, 0.25) is 0 Å². The van der Waals surface area contributed by atoms with Crippen molar-refractivity contribution >= 4 is 36.7 Å². The van der Waals surface area contributed by atoms with Gasteiger partial charge in [-0.15, -0.1) is 24.8 Å². The van der Waals surface area contributed by atoms with Gasteiger partial charge in [-0.05, 0) is 92.6 Å². The van der Waals surface area contributed by atoms with Gasteiger partial charge in [0, 0.05) is 80.7 Å². The van der Waals surface area contributed by atoms with E-state index in [-0.39, 0.29) is 48.4 Å². The highest BCUT2D eigenvalue weighted by molar-refractivity contribution is 5.85. The summed E-state index contributed by atoms with van der Waals surface area (Å²) in [6.45, 7) is 8.61. The van der Waals surface area contributed by atoms with Crippen LogP contribution in [0.1, 0.15) is 45.1 Å². The molecule has 2 saturated heterocycles. The summed E-state index contributed by atoms with van der Waals surface area (Å²) in [6.07, 6.45) is 11.3. The Balaban J connectivity index is 0.00000320. The van der Waals surface area contributed by atoms with Crippen molar-refractivity contribution in [1.29, 1.82) is 0 Å². The number of aromatic nitrogens is 4. The lowest BCUT2D eigenvalue weighted by molar-refractivity contribution is 0.0807. The highest BCUT2D eigenvalue weighted by atomic mass is 35.5. The van der Waals surface area contributed by atoms with Crippen LogP contribution in [-0.2, 0) is 6.54 Å². The van der Waals surface area contributed by atoms with E-state index in [0.29, 0.717) is 25.7 Å². The zero-order valence-corrected chi connectivity index (χ0v) is 35.1. The molecular formula is C43H53Cl2FN8O4. The van der Waals surface area contributed by atoms with Gasteiger partial charge in [-0.3, -0.25) is 10.3 Å². The number of nitrogens with zero attached hydrogens (tertiary/aromatic N) is 7. The average Bonchev–Trinajstić information content (AvgIpc) is 3.25. The van der Waals surface area contributed by atoms with Crippen molar-refractivity contribution in [3.8, 4) is 45.3 Å². The number of rotatable bonds is 15. The molecule has 4 heterocycles.